The Hall–Kier alpha value is -1.06. The van der Waals surface area contributed by atoms with Crippen molar-refractivity contribution in [2.45, 2.75) is 60.8 Å². The largest absolute Gasteiger partial charge is 0.354 e. The summed E-state index contributed by atoms with van der Waals surface area (Å²) in [6, 6.07) is 17.1. The molecule has 23 heavy (non-hydrogen) atoms. The van der Waals surface area contributed by atoms with Crippen LogP contribution in [-0.4, -0.2) is 9.49 Å². The molecular formula is C20H27NS2. The van der Waals surface area contributed by atoms with Crippen molar-refractivity contribution in [1.82, 2.24) is 0 Å². The van der Waals surface area contributed by atoms with Gasteiger partial charge >= 0.3 is 0 Å². The molecule has 0 aliphatic rings. The lowest BCUT2D eigenvalue weighted by Gasteiger charge is -2.23. The third-order valence-electron chi connectivity index (χ3n) is 2.88. The summed E-state index contributed by atoms with van der Waals surface area (Å²) in [5, 5.41) is 3.64. The second-order valence-electron chi connectivity index (χ2n) is 7.55. The molecule has 0 aliphatic carbocycles. The van der Waals surface area contributed by atoms with Gasteiger partial charge in [0.25, 0.3) is 0 Å². The van der Waals surface area contributed by atoms with Crippen molar-refractivity contribution >= 4 is 34.9 Å². The van der Waals surface area contributed by atoms with Gasteiger partial charge in [0.2, 0.25) is 0 Å². The van der Waals surface area contributed by atoms with E-state index in [4.69, 9.17) is 0 Å². The molecule has 2 rings (SSSR count). The Morgan fingerprint density at radius 1 is 0.609 bits per heavy atom. The Bertz CT molecular complexity index is 594. The number of para-hydroxylation sites is 2. The van der Waals surface area contributed by atoms with Gasteiger partial charge in [-0.1, -0.05) is 65.8 Å². The summed E-state index contributed by atoms with van der Waals surface area (Å²) in [6.45, 7) is 13.5. The molecule has 2 aromatic rings. The van der Waals surface area contributed by atoms with E-state index in [1.165, 1.54) is 21.2 Å². The molecule has 0 saturated carbocycles. The standard InChI is InChI=1S/C20H27NS2/c1-19(2,3)22-17-13-9-7-11-15(17)21-16-12-8-10-14-18(16)23-20(4,5)6/h7-14,21H,1-6H3. The number of hydrogen-bond acceptors (Lipinski definition) is 3. The maximum atomic E-state index is 3.64. The van der Waals surface area contributed by atoms with Crippen LogP contribution in [0.15, 0.2) is 58.3 Å². The van der Waals surface area contributed by atoms with Crippen LogP contribution in [-0.2, 0) is 0 Å². The molecule has 0 unspecified atom stereocenters. The Kier molecular flexibility index (Phi) is 5.74. The monoisotopic (exact) mass is 345 g/mol. The third kappa shape index (κ3) is 6.15. The fourth-order valence-electron chi connectivity index (χ4n) is 2.12. The van der Waals surface area contributed by atoms with Gasteiger partial charge in [-0.2, -0.15) is 0 Å². The predicted molar refractivity (Wildman–Crippen MR) is 107 cm³/mol. The van der Waals surface area contributed by atoms with Crippen LogP contribution in [0.5, 0.6) is 0 Å². The highest BCUT2D eigenvalue weighted by Gasteiger charge is 2.17. The summed E-state index contributed by atoms with van der Waals surface area (Å²) in [6.07, 6.45) is 0. The summed E-state index contributed by atoms with van der Waals surface area (Å²) in [4.78, 5) is 2.58. The average molecular weight is 346 g/mol. The number of anilines is 2. The number of nitrogens with one attached hydrogen (secondary N) is 1. The molecule has 2 aromatic carbocycles. The van der Waals surface area contributed by atoms with Gasteiger partial charge in [0.15, 0.2) is 0 Å². The van der Waals surface area contributed by atoms with Crippen LogP contribution in [0.4, 0.5) is 11.4 Å². The molecule has 0 bridgehead atoms. The average Bonchev–Trinajstić information content (AvgIpc) is 2.40. The molecule has 0 spiro atoms. The first-order valence-corrected chi connectivity index (χ1v) is 9.60. The Morgan fingerprint density at radius 3 is 1.30 bits per heavy atom. The summed E-state index contributed by atoms with van der Waals surface area (Å²) in [5.41, 5.74) is 2.35. The topological polar surface area (TPSA) is 12.0 Å². The lowest BCUT2D eigenvalue weighted by molar-refractivity contribution is 0.803. The van der Waals surface area contributed by atoms with E-state index in [0.717, 1.165) is 0 Å². The predicted octanol–water partition coefficient (Wildman–Crippen LogP) is 7.21. The van der Waals surface area contributed by atoms with Gasteiger partial charge in [-0.15, -0.1) is 23.5 Å². The molecule has 0 aromatic heterocycles. The molecule has 0 heterocycles. The molecule has 1 nitrogen and oxygen atoms in total. The van der Waals surface area contributed by atoms with Gasteiger partial charge in [0, 0.05) is 19.3 Å². The van der Waals surface area contributed by atoms with Crippen LogP contribution in [0.1, 0.15) is 41.5 Å². The second kappa shape index (κ2) is 7.23. The van der Waals surface area contributed by atoms with E-state index in [9.17, 15) is 0 Å². The van der Waals surface area contributed by atoms with Gasteiger partial charge in [-0.25, -0.2) is 0 Å². The smallest absolute Gasteiger partial charge is 0.0522 e. The number of thioether (sulfide) groups is 2. The van der Waals surface area contributed by atoms with Crippen molar-refractivity contribution in [2.75, 3.05) is 5.32 Å². The minimum atomic E-state index is 0.192. The molecule has 0 fully saturated rings. The maximum Gasteiger partial charge on any atom is 0.0522 e. The summed E-state index contributed by atoms with van der Waals surface area (Å²) in [5.74, 6) is 0. The summed E-state index contributed by atoms with van der Waals surface area (Å²) >= 11 is 3.79. The van der Waals surface area contributed by atoms with Crippen molar-refractivity contribution in [3.63, 3.8) is 0 Å². The van der Waals surface area contributed by atoms with E-state index in [2.05, 4.69) is 95.4 Å². The van der Waals surface area contributed by atoms with Gasteiger partial charge in [-0.05, 0) is 24.3 Å². The highest BCUT2D eigenvalue weighted by molar-refractivity contribution is 8.01. The highest BCUT2D eigenvalue weighted by atomic mass is 32.2. The highest BCUT2D eigenvalue weighted by Crippen LogP contribution is 2.41. The SMILES string of the molecule is CC(C)(C)Sc1ccccc1Nc1ccccc1SC(C)(C)C. The molecule has 0 radical (unpaired) electrons. The first kappa shape index (κ1) is 18.3. The second-order valence-corrected chi connectivity index (χ2v) is 11.3. The molecule has 1 N–H and O–H groups in total. The lowest BCUT2D eigenvalue weighted by atomic mass is 10.2. The molecule has 3 heteroatoms. The van der Waals surface area contributed by atoms with E-state index in [0.29, 0.717) is 0 Å². The van der Waals surface area contributed by atoms with Crippen LogP contribution in [0.3, 0.4) is 0 Å². The van der Waals surface area contributed by atoms with Crippen molar-refractivity contribution in [3.8, 4) is 0 Å². The first-order valence-electron chi connectivity index (χ1n) is 7.97. The Morgan fingerprint density at radius 2 is 0.957 bits per heavy atom. The molecular weight excluding hydrogens is 318 g/mol. The fraction of sp³-hybridized carbons (Fsp3) is 0.400. The van der Waals surface area contributed by atoms with E-state index >= 15 is 0 Å². The zero-order valence-corrected chi connectivity index (χ0v) is 16.6. The van der Waals surface area contributed by atoms with Crippen LogP contribution in [0.2, 0.25) is 0 Å². The molecule has 0 amide bonds. The van der Waals surface area contributed by atoms with Crippen molar-refractivity contribution in [3.05, 3.63) is 48.5 Å². The van der Waals surface area contributed by atoms with E-state index < -0.39 is 0 Å². The number of hydrogen-bond donors (Lipinski definition) is 1. The van der Waals surface area contributed by atoms with Crippen LogP contribution in [0, 0.1) is 0 Å². The Balaban J connectivity index is 2.30. The van der Waals surface area contributed by atoms with Crippen molar-refractivity contribution < 1.29 is 0 Å². The van der Waals surface area contributed by atoms with Crippen LogP contribution in [0.25, 0.3) is 0 Å². The molecule has 0 saturated heterocycles. The molecule has 124 valence electrons. The number of rotatable bonds is 4. The van der Waals surface area contributed by atoms with Crippen molar-refractivity contribution in [2.24, 2.45) is 0 Å². The quantitative estimate of drug-likeness (QED) is 0.588. The molecule has 0 atom stereocenters. The maximum absolute atomic E-state index is 3.64. The normalized spacial score (nSPS) is 12.3. The van der Waals surface area contributed by atoms with E-state index in [-0.39, 0.29) is 9.49 Å². The molecule has 0 aliphatic heterocycles. The number of benzene rings is 2. The van der Waals surface area contributed by atoms with Crippen LogP contribution >= 0.6 is 23.5 Å². The minimum absolute atomic E-state index is 0.192. The van der Waals surface area contributed by atoms with Gasteiger partial charge < -0.3 is 5.32 Å². The third-order valence-corrected chi connectivity index (χ3v) is 5.25. The van der Waals surface area contributed by atoms with Gasteiger partial charge in [0.05, 0.1) is 11.4 Å². The van der Waals surface area contributed by atoms with Gasteiger partial charge in [-0.3, -0.25) is 0 Å². The van der Waals surface area contributed by atoms with Gasteiger partial charge in [0.1, 0.15) is 0 Å². The zero-order chi connectivity index (χ0) is 17.1. The van der Waals surface area contributed by atoms with Crippen molar-refractivity contribution in [1.29, 1.82) is 0 Å². The first-order chi connectivity index (χ1) is 10.6. The summed E-state index contributed by atoms with van der Waals surface area (Å²) in [7, 11) is 0. The van der Waals surface area contributed by atoms with E-state index in [1.54, 1.807) is 0 Å². The lowest BCUT2D eigenvalue weighted by Crippen LogP contribution is -2.08. The van der Waals surface area contributed by atoms with Crippen LogP contribution < -0.4 is 5.32 Å². The summed E-state index contributed by atoms with van der Waals surface area (Å²) < 4.78 is 0.384. The fourth-order valence-corrected chi connectivity index (χ4v) is 4.19. The Labute approximate surface area is 149 Å². The zero-order valence-electron chi connectivity index (χ0n) is 14.9. The minimum Gasteiger partial charge on any atom is -0.354 e. The van der Waals surface area contributed by atoms with E-state index in [1.807, 2.05) is 23.5 Å².